The second kappa shape index (κ2) is 7.33. The maximum absolute atomic E-state index is 11.0. The molecule has 1 aromatic carbocycles. The highest BCUT2D eigenvalue weighted by Gasteiger charge is 2.05. The van der Waals surface area contributed by atoms with Crippen LogP contribution in [0.1, 0.15) is 25.3 Å². The molecule has 0 aliphatic carbocycles. The van der Waals surface area contributed by atoms with E-state index in [1.54, 1.807) is 0 Å². The zero-order valence-corrected chi connectivity index (χ0v) is 11.7. The van der Waals surface area contributed by atoms with Crippen LogP contribution in [0.3, 0.4) is 0 Å². The van der Waals surface area contributed by atoms with E-state index < -0.39 is 0 Å². The highest BCUT2D eigenvalue weighted by Crippen LogP contribution is 2.26. The third-order valence-corrected chi connectivity index (χ3v) is 2.92. The van der Waals surface area contributed by atoms with Crippen molar-refractivity contribution in [2.75, 3.05) is 13.7 Å². The number of carbonyl (C=O) groups excluding carboxylic acids is 1. The second-order valence-electron chi connectivity index (χ2n) is 3.69. The van der Waals surface area contributed by atoms with Crippen LogP contribution in [0.15, 0.2) is 22.7 Å². The predicted molar refractivity (Wildman–Crippen MR) is 70.3 cm³/mol. The molecule has 1 aromatic rings. The lowest BCUT2D eigenvalue weighted by molar-refractivity contribution is -0.140. The molecule has 0 aliphatic rings. The smallest absolute Gasteiger partial charge is 0.305 e. The van der Waals surface area contributed by atoms with E-state index in [4.69, 9.17) is 4.74 Å². The molecule has 0 unspecified atom stereocenters. The molecule has 0 amide bonds. The van der Waals surface area contributed by atoms with Gasteiger partial charge in [0, 0.05) is 6.42 Å². The maximum Gasteiger partial charge on any atom is 0.305 e. The zero-order valence-electron chi connectivity index (χ0n) is 10.2. The number of esters is 1. The lowest BCUT2D eigenvalue weighted by atomic mass is 10.1. The van der Waals surface area contributed by atoms with E-state index in [0.717, 1.165) is 22.2 Å². The Morgan fingerprint density at radius 3 is 2.76 bits per heavy atom. The van der Waals surface area contributed by atoms with Gasteiger partial charge in [0.05, 0.1) is 18.2 Å². The van der Waals surface area contributed by atoms with Gasteiger partial charge in [0.25, 0.3) is 0 Å². The molecule has 1 rings (SSSR count). The minimum atomic E-state index is -0.188. The van der Waals surface area contributed by atoms with E-state index in [2.05, 4.69) is 27.6 Å². The summed E-state index contributed by atoms with van der Waals surface area (Å²) < 4.78 is 11.1. The first kappa shape index (κ1) is 14.0. The Hall–Kier alpha value is -1.03. The van der Waals surface area contributed by atoms with Crippen LogP contribution in [-0.2, 0) is 16.0 Å². The van der Waals surface area contributed by atoms with E-state index in [-0.39, 0.29) is 5.97 Å². The molecule has 0 fully saturated rings. The van der Waals surface area contributed by atoms with Crippen molar-refractivity contribution < 1.29 is 14.3 Å². The zero-order chi connectivity index (χ0) is 12.7. The SMILES string of the molecule is CCCOc1ccc(CCC(=O)OC)cc1Br. The number of hydrogen-bond acceptors (Lipinski definition) is 3. The van der Waals surface area contributed by atoms with Crippen LogP contribution in [0.2, 0.25) is 0 Å². The molecule has 0 radical (unpaired) electrons. The first-order valence-electron chi connectivity index (χ1n) is 5.65. The molecule has 3 nitrogen and oxygen atoms in total. The molecular weight excluding hydrogens is 284 g/mol. The summed E-state index contributed by atoms with van der Waals surface area (Å²) in [6, 6.07) is 5.87. The first-order chi connectivity index (χ1) is 8.17. The van der Waals surface area contributed by atoms with Gasteiger partial charge in [-0.2, -0.15) is 0 Å². The minimum absolute atomic E-state index is 0.188. The summed E-state index contributed by atoms with van der Waals surface area (Å²) in [6.45, 7) is 2.78. The fraction of sp³-hybridized carbons (Fsp3) is 0.462. The molecule has 0 saturated heterocycles. The topological polar surface area (TPSA) is 35.5 Å². The van der Waals surface area contributed by atoms with Crippen LogP contribution >= 0.6 is 15.9 Å². The van der Waals surface area contributed by atoms with E-state index in [9.17, 15) is 4.79 Å². The Bertz CT molecular complexity index is 377. The second-order valence-corrected chi connectivity index (χ2v) is 4.54. The van der Waals surface area contributed by atoms with Gasteiger partial charge in [0.2, 0.25) is 0 Å². The molecule has 0 atom stereocenters. The Kier molecular flexibility index (Phi) is 6.05. The van der Waals surface area contributed by atoms with Gasteiger partial charge in [-0.3, -0.25) is 4.79 Å². The fourth-order valence-electron chi connectivity index (χ4n) is 1.38. The van der Waals surface area contributed by atoms with Crippen molar-refractivity contribution in [3.05, 3.63) is 28.2 Å². The lowest BCUT2D eigenvalue weighted by Crippen LogP contribution is -2.02. The van der Waals surface area contributed by atoms with Crippen LogP contribution in [0.5, 0.6) is 5.75 Å². The summed E-state index contributed by atoms with van der Waals surface area (Å²) in [7, 11) is 1.40. The summed E-state index contributed by atoms with van der Waals surface area (Å²) in [5.41, 5.74) is 1.09. The standard InChI is InChI=1S/C13H17BrO3/c1-3-8-17-12-6-4-10(9-11(12)14)5-7-13(15)16-2/h4,6,9H,3,5,7-8H2,1-2H3. The number of halogens is 1. The number of aryl methyl sites for hydroxylation is 1. The van der Waals surface area contributed by atoms with Gasteiger partial charge >= 0.3 is 5.97 Å². The van der Waals surface area contributed by atoms with Gasteiger partial charge in [0.1, 0.15) is 5.75 Å². The summed E-state index contributed by atoms with van der Waals surface area (Å²) in [6.07, 6.45) is 2.06. The van der Waals surface area contributed by atoms with Gasteiger partial charge in [-0.1, -0.05) is 13.0 Å². The molecule has 0 bridgehead atoms. The quantitative estimate of drug-likeness (QED) is 0.756. The van der Waals surface area contributed by atoms with E-state index in [1.807, 2.05) is 18.2 Å². The number of benzene rings is 1. The van der Waals surface area contributed by atoms with Crippen molar-refractivity contribution in [3.63, 3.8) is 0 Å². The Labute approximate surface area is 110 Å². The maximum atomic E-state index is 11.0. The largest absolute Gasteiger partial charge is 0.492 e. The van der Waals surface area contributed by atoms with Crippen molar-refractivity contribution in [2.45, 2.75) is 26.2 Å². The number of methoxy groups -OCH3 is 1. The Balaban J connectivity index is 2.58. The van der Waals surface area contributed by atoms with Crippen LogP contribution in [0.25, 0.3) is 0 Å². The first-order valence-corrected chi connectivity index (χ1v) is 6.44. The third-order valence-electron chi connectivity index (χ3n) is 2.30. The highest BCUT2D eigenvalue weighted by molar-refractivity contribution is 9.10. The van der Waals surface area contributed by atoms with Crippen molar-refractivity contribution in [1.29, 1.82) is 0 Å². The average Bonchev–Trinajstić information content (AvgIpc) is 2.34. The normalized spacial score (nSPS) is 10.1. The van der Waals surface area contributed by atoms with Gasteiger partial charge in [-0.25, -0.2) is 0 Å². The van der Waals surface area contributed by atoms with E-state index >= 15 is 0 Å². The van der Waals surface area contributed by atoms with E-state index in [0.29, 0.717) is 19.4 Å². The average molecular weight is 301 g/mol. The molecule has 0 heterocycles. The van der Waals surface area contributed by atoms with Crippen LogP contribution < -0.4 is 4.74 Å². The molecule has 94 valence electrons. The highest BCUT2D eigenvalue weighted by atomic mass is 79.9. The van der Waals surface area contributed by atoms with Gasteiger partial charge in [-0.15, -0.1) is 0 Å². The van der Waals surface area contributed by atoms with Gasteiger partial charge in [0.15, 0.2) is 0 Å². The summed E-state index contributed by atoms with van der Waals surface area (Å²) in [5, 5.41) is 0. The van der Waals surface area contributed by atoms with Crippen LogP contribution in [0, 0.1) is 0 Å². The molecule has 0 N–H and O–H groups in total. The third kappa shape index (κ3) is 4.77. The Morgan fingerprint density at radius 1 is 1.41 bits per heavy atom. The summed E-state index contributed by atoms with van der Waals surface area (Å²) in [5.74, 6) is 0.654. The van der Waals surface area contributed by atoms with Crippen molar-refractivity contribution >= 4 is 21.9 Å². The molecule has 0 saturated carbocycles. The van der Waals surface area contributed by atoms with Gasteiger partial charge < -0.3 is 9.47 Å². The number of hydrogen-bond donors (Lipinski definition) is 0. The van der Waals surface area contributed by atoms with E-state index in [1.165, 1.54) is 7.11 Å². The van der Waals surface area contributed by atoms with Crippen molar-refractivity contribution in [1.82, 2.24) is 0 Å². The van der Waals surface area contributed by atoms with Crippen molar-refractivity contribution in [2.24, 2.45) is 0 Å². The molecule has 0 aromatic heterocycles. The van der Waals surface area contributed by atoms with Crippen molar-refractivity contribution in [3.8, 4) is 5.75 Å². The number of ether oxygens (including phenoxy) is 2. The number of carbonyl (C=O) groups is 1. The lowest BCUT2D eigenvalue weighted by Gasteiger charge is -2.08. The predicted octanol–water partition coefficient (Wildman–Crippen LogP) is 3.34. The van der Waals surface area contributed by atoms with Crippen LogP contribution in [-0.4, -0.2) is 19.7 Å². The molecular formula is C13H17BrO3. The summed E-state index contributed by atoms with van der Waals surface area (Å²) >= 11 is 3.46. The molecule has 0 spiro atoms. The molecule has 17 heavy (non-hydrogen) atoms. The number of rotatable bonds is 6. The molecule has 0 aliphatic heterocycles. The van der Waals surface area contributed by atoms with Gasteiger partial charge in [-0.05, 0) is 46.5 Å². The minimum Gasteiger partial charge on any atom is -0.492 e. The Morgan fingerprint density at radius 2 is 2.18 bits per heavy atom. The summed E-state index contributed by atoms with van der Waals surface area (Å²) in [4.78, 5) is 11.0. The monoisotopic (exact) mass is 300 g/mol. The fourth-order valence-corrected chi connectivity index (χ4v) is 1.92. The van der Waals surface area contributed by atoms with Crippen LogP contribution in [0.4, 0.5) is 0 Å². The molecule has 4 heteroatoms.